The van der Waals surface area contributed by atoms with Crippen molar-refractivity contribution in [1.82, 2.24) is 10.3 Å². The van der Waals surface area contributed by atoms with Gasteiger partial charge >= 0.3 is 0 Å². The highest BCUT2D eigenvalue weighted by Gasteiger charge is 2.03. The molecule has 0 atom stereocenters. The van der Waals surface area contributed by atoms with E-state index in [0.29, 0.717) is 4.88 Å². The largest absolute Gasteiger partial charge is 0.340 e. The SMILES string of the molecule is C#CCNC(=O)c1cncs1. The van der Waals surface area contributed by atoms with E-state index in [1.54, 1.807) is 5.51 Å². The van der Waals surface area contributed by atoms with Gasteiger partial charge in [0.05, 0.1) is 18.3 Å². The van der Waals surface area contributed by atoms with E-state index in [9.17, 15) is 4.79 Å². The van der Waals surface area contributed by atoms with Crippen molar-refractivity contribution in [3.8, 4) is 12.3 Å². The monoisotopic (exact) mass is 166 g/mol. The van der Waals surface area contributed by atoms with Crippen molar-refractivity contribution >= 4 is 17.2 Å². The van der Waals surface area contributed by atoms with E-state index in [0.717, 1.165) is 0 Å². The second-order valence-electron chi connectivity index (χ2n) is 1.75. The third-order valence-corrected chi connectivity index (χ3v) is 1.78. The Morgan fingerprint density at radius 3 is 3.27 bits per heavy atom. The Balaban J connectivity index is 2.51. The molecule has 1 amide bonds. The van der Waals surface area contributed by atoms with Crippen LogP contribution in [-0.2, 0) is 0 Å². The van der Waals surface area contributed by atoms with E-state index in [-0.39, 0.29) is 12.5 Å². The van der Waals surface area contributed by atoms with Crippen molar-refractivity contribution in [2.75, 3.05) is 6.54 Å². The van der Waals surface area contributed by atoms with Gasteiger partial charge in [0.2, 0.25) is 0 Å². The van der Waals surface area contributed by atoms with Crippen LogP contribution in [0.5, 0.6) is 0 Å². The van der Waals surface area contributed by atoms with Crippen molar-refractivity contribution in [3.63, 3.8) is 0 Å². The maximum atomic E-state index is 11.0. The van der Waals surface area contributed by atoms with Crippen LogP contribution in [-0.4, -0.2) is 17.4 Å². The first kappa shape index (κ1) is 7.76. The Hall–Kier alpha value is -1.34. The lowest BCUT2D eigenvalue weighted by Gasteiger charge is -1.94. The second-order valence-corrected chi connectivity index (χ2v) is 2.64. The molecule has 1 N–H and O–H groups in total. The van der Waals surface area contributed by atoms with E-state index in [1.807, 2.05) is 0 Å². The fraction of sp³-hybridized carbons (Fsp3) is 0.143. The van der Waals surface area contributed by atoms with Crippen molar-refractivity contribution in [1.29, 1.82) is 0 Å². The van der Waals surface area contributed by atoms with Gasteiger partial charge in [0.1, 0.15) is 4.88 Å². The number of thiazole rings is 1. The van der Waals surface area contributed by atoms with E-state index in [1.165, 1.54) is 17.5 Å². The zero-order valence-electron chi connectivity index (χ0n) is 5.70. The molecule has 0 unspecified atom stereocenters. The first-order chi connectivity index (χ1) is 5.34. The van der Waals surface area contributed by atoms with Gasteiger partial charge < -0.3 is 5.32 Å². The zero-order chi connectivity index (χ0) is 8.10. The summed E-state index contributed by atoms with van der Waals surface area (Å²) in [4.78, 5) is 15.4. The number of aromatic nitrogens is 1. The summed E-state index contributed by atoms with van der Waals surface area (Å²) in [5.74, 6) is 2.15. The number of terminal acetylenes is 1. The molecule has 0 aromatic carbocycles. The Kier molecular flexibility index (Phi) is 2.64. The third-order valence-electron chi connectivity index (χ3n) is 1.01. The van der Waals surface area contributed by atoms with Crippen LogP contribution in [0.25, 0.3) is 0 Å². The second kappa shape index (κ2) is 3.74. The minimum Gasteiger partial charge on any atom is -0.340 e. The van der Waals surface area contributed by atoms with E-state index < -0.39 is 0 Å². The Morgan fingerprint density at radius 1 is 1.91 bits per heavy atom. The summed E-state index contributed by atoms with van der Waals surface area (Å²) >= 11 is 1.29. The summed E-state index contributed by atoms with van der Waals surface area (Å²) in [5.41, 5.74) is 1.60. The average Bonchev–Trinajstić information content (AvgIpc) is 2.52. The molecule has 0 radical (unpaired) electrons. The number of amides is 1. The lowest BCUT2D eigenvalue weighted by atomic mass is 10.5. The van der Waals surface area contributed by atoms with Crippen LogP contribution in [0.2, 0.25) is 0 Å². The number of hydrogen-bond donors (Lipinski definition) is 1. The highest BCUT2D eigenvalue weighted by molar-refractivity contribution is 7.11. The molecular formula is C7H6N2OS. The summed E-state index contributed by atoms with van der Waals surface area (Å²) in [7, 11) is 0. The van der Waals surface area contributed by atoms with Gasteiger partial charge in [-0.05, 0) is 0 Å². The number of nitrogens with zero attached hydrogens (tertiary/aromatic N) is 1. The van der Waals surface area contributed by atoms with Crippen LogP contribution >= 0.6 is 11.3 Å². The van der Waals surface area contributed by atoms with Crippen LogP contribution in [0.1, 0.15) is 9.67 Å². The standard InChI is InChI=1S/C7H6N2OS/c1-2-3-9-7(10)6-4-8-5-11-6/h1,4-5H,3H2,(H,9,10). The number of carbonyl (C=O) groups is 1. The van der Waals surface area contributed by atoms with Crippen molar-refractivity contribution < 1.29 is 4.79 Å². The molecule has 56 valence electrons. The van der Waals surface area contributed by atoms with Crippen molar-refractivity contribution in [2.24, 2.45) is 0 Å². The summed E-state index contributed by atoms with van der Waals surface area (Å²) in [6, 6.07) is 0. The fourth-order valence-electron chi connectivity index (χ4n) is 0.546. The smallest absolute Gasteiger partial charge is 0.263 e. The molecule has 0 saturated heterocycles. The highest BCUT2D eigenvalue weighted by atomic mass is 32.1. The molecule has 0 bridgehead atoms. The minimum atomic E-state index is -0.162. The molecule has 0 saturated carbocycles. The molecule has 1 aromatic heterocycles. The first-order valence-electron chi connectivity index (χ1n) is 2.94. The van der Waals surface area contributed by atoms with E-state index in [4.69, 9.17) is 6.42 Å². The molecule has 1 heterocycles. The van der Waals surface area contributed by atoms with Crippen LogP contribution in [0.4, 0.5) is 0 Å². The quantitative estimate of drug-likeness (QED) is 0.650. The van der Waals surface area contributed by atoms with Gasteiger partial charge in [0, 0.05) is 0 Å². The van der Waals surface area contributed by atoms with Gasteiger partial charge in [-0.2, -0.15) is 0 Å². The average molecular weight is 166 g/mol. The van der Waals surface area contributed by atoms with Crippen molar-refractivity contribution in [2.45, 2.75) is 0 Å². The lowest BCUT2D eigenvalue weighted by Crippen LogP contribution is -2.22. The zero-order valence-corrected chi connectivity index (χ0v) is 6.52. The fourth-order valence-corrected chi connectivity index (χ4v) is 1.08. The minimum absolute atomic E-state index is 0.162. The number of carbonyl (C=O) groups excluding carboxylic acids is 1. The Morgan fingerprint density at radius 2 is 2.73 bits per heavy atom. The summed E-state index contributed by atoms with van der Waals surface area (Å²) < 4.78 is 0. The first-order valence-corrected chi connectivity index (χ1v) is 3.82. The molecule has 11 heavy (non-hydrogen) atoms. The summed E-state index contributed by atoms with van der Waals surface area (Å²) in [6.45, 7) is 0.261. The number of rotatable bonds is 2. The molecular weight excluding hydrogens is 160 g/mol. The van der Waals surface area contributed by atoms with Gasteiger partial charge in [0.25, 0.3) is 5.91 Å². The van der Waals surface area contributed by atoms with Gasteiger partial charge in [-0.3, -0.25) is 9.78 Å². The molecule has 4 heteroatoms. The molecule has 1 rings (SSSR count). The van der Waals surface area contributed by atoms with Crippen LogP contribution < -0.4 is 5.32 Å². The van der Waals surface area contributed by atoms with Crippen LogP contribution in [0.15, 0.2) is 11.7 Å². The maximum absolute atomic E-state index is 11.0. The van der Waals surface area contributed by atoms with Crippen LogP contribution in [0.3, 0.4) is 0 Å². The third kappa shape index (κ3) is 2.06. The van der Waals surface area contributed by atoms with Gasteiger partial charge in [0.15, 0.2) is 0 Å². The van der Waals surface area contributed by atoms with Gasteiger partial charge in [-0.15, -0.1) is 17.8 Å². The molecule has 0 spiro atoms. The number of hydrogen-bond acceptors (Lipinski definition) is 3. The molecule has 1 aromatic rings. The molecule has 0 fully saturated rings. The van der Waals surface area contributed by atoms with E-state index >= 15 is 0 Å². The molecule has 0 aliphatic rings. The lowest BCUT2D eigenvalue weighted by molar-refractivity contribution is 0.0962. The predicted octanol–water partition coefficient (Wildman–Crippen LogP) is 0.506. The molecule has 3 nitrogen and oxygen atoms in total. The molecule has 0 aliphatic carbocycles. The highest BCUT2D eigenvalue weighted by Crippen LogP contribution is 2.03. The van der Waals surface area contributed by atoms with Gasteiger partial charge in [-0.25, -0.2) is 0 Å². The maximum Gasteiger partial charge on any atom is 0.263 e. The number of nitrogens with one attached hydrogen (secondary N) is 1. The Bertz CT molecular complexity index is 273. The van der Waals surface area contributed by atoms with E-state index in [2.05, 4.69) is 16.2 Å². The normalized spacial score (nSPS) is 8.64. The van der Waals surface area contributed by atoms with Crippen molar-refractivity contribution in [3.05, 3.63) is 16.6 Å². The summed E-state index contributed by atoms with van der Waals surface area (Å²) in [6.07, 6.45) is 6.46. The topological polar surface area (TPSA) is 42.0 Å². The molecule has 0 aliphatic heterocycles. The van der Waals surface area contributed by atoms with Crippen LogP contribution in [0, 0.1) is 12.3 Å². The van der Waals surface area contributed by atoms with Gasteiger partial charge in [-0.1, -0.05) is 5.92 Å². The summed E-state index contributed by atoms with van der Waals surface area (Å²) in [5, 5.41) is 2.53. The predicted molar refractivity (Wildman–Crippen MR) is 43.3 cm³/mol. The Labute approximate surface area is 68.5 Å².